The number of hydrogen-bond donors (Lipinski definition) is 2. The Morgan fingerprint density at radius 3 is 2.64 bits per heavy atom. The van der Waals surface area contributed by atoms with Crippen molar-refractivity contribution in [3.05, 3.63) is 57.6 Å². The second-order valence-corrected chi connectivity index (χ2v) is 6.71. The maximum absolute atomic E-state index is 13.4. The molecule has 148 valence electrons. The minimum Gasteiger partial charge on any atom is -0.396 e. The standard InChI is InChI=1S/C18H15Cl2F3N4O/c19-15-7-12-14(9-24-15)26-17(20)27-16(12)25-8-10-3-1-5-13(18(21,22)23)11(10)4-2-6-28/h1,3,5,7,9,28H,2,4,6,8H2,(H,25,26,27). The van der Waals surface area contributed by atoms with E-state index in [-0.39, 0.29) is 42.0 Å². The Bertz CT molecular complexity index is 998. The highest BCUT2D eigenvalue weighted by molar-refractivity contribution is 6.30. The highest BCUT2D eigenvalue weighted by Gasteiger charge is 2.33. The molecule has 3 rings (SSSR count). The number of nitrogens with zero attached hydrogens (tertiary/aromatic N) is 3. The van der Waals surface area contributed by atoms with Crippen LogP contribution >= 0.6 is 23.2 Å². The van der Waals surface area contributed by atoms with Crippen LogP contribution in [0.4, 0.5) is 19.0 Å². The lowest BCUT2D eigenvalue weighted by atomic mass is 9.96. The van der Waals surface area contributed by atoms with Crippen molar-refractivity contribution >= 4 is 39.9 Å². The van der Waals surface area contributed by atoms with Gasteiger partial charge in [0, 0.05) is 18.5 Å². The fraction of sp³-hybridized carbons (Fsp3) is 0.278. The molecule has 2 heterocycles. The third kappa shape index (κ3) is 4.63. The Kier molecular flexibility index (Phi) is 6.22. The predicted octanol–water partition coefficient (Wildman–Crippen LogP) is 4.89. The minimum absolute atomic E-state index is 0.0244. The van der Waals surface area contributed by atoms with Crippen LogP contribution in [0.15, 0.2) is 30.5 Å². The molecule has 3 aromatic rings. The number of rotatable bonds is 6. The van der Waals surface area contributed by atoms with Crippen LogP contribution in [0.3, 0.4) is 0 Å². The smallest absolute Gasteiger partial charge is 0.396 e. The van der Waals surface area contributed by atoms with Crippen molar-refractivity contribution in [1.82, 2.24) is 15.0 Å². The normalized spacial score (nSPS) is 11.8. The van der Waals surface area contributed by atoms with E-state index in [0.29, 0.717) is 22.3 Å². The number of pyridine rings is 1. The van der Waals surface area contributed by atoms with Gasteiger partial charge in [-0.3, -0.25) is 0 Å². The molecule has 0 amide bonds. The molecule has 0 saturated heterocycles. The van der Waals surface area contributed by atoms with E-state index in [0.717, 1.165) is 6.07 Å². The number of alkyl halides is 3. The van der Waals surface area contributed by atoms with Gasteiger partial charge in [0.1, 0.15) is 11.0 Å². The SMILES string of the molecule is OCCCc1c(CNc2nc(Cl)nc3cnc(Cl)cc23)cccc1C(F)(F)F. The second kappa shape index (κ2) is 8.46. The molecule has 0 radical (unpaired) electrons. The number of aliphatic hydroxyl groups excluding tert-OH is 1. The van der Waals surface area contributed by atoms with E-state index in [1.807, 2.05) is 0 Å². The molecule has 0 unspecified atom stereocenters. The molecule has 1 aromatic carbocycles. The lowest BCUT2D eigenvalue weighted by Gasteiger charge is -2.18. The predicted molar refractivity (Wildman–Crippen MR) is 102 cm³/mol. The van der Waals surface area contributed by atoms with Crippen molar-refractivity contribution in [2.75, 3.05) is 11.9 Å². The number of benzene rings is 1. The molecule has 28 heavy (non-hydrogen) atoms. The molecule has 0 saturated carbocycles. The molecule has 10 heteroatoms. The molecule has 0 aliphatic carbocycles. The van der Waals surface area contributed by atoms with E-state index in [4.69, 9.17) is 28.3 Å². The van der Waals surface area contributed by atoms with Crippen LogP contribution in [-0.2, 0) is 19.1 Å². The van der Waals surface area contributed by atoms with Crippen LogP contribution in [0.25, 0.3) is 10.9 Å². The molecule has 0 bridgehead atoms. The molecule has 0 spiro atoms. The number of anilines is 1. The van der Waals surface area contributed by atoms with Crippen LogP contribution < -0.4 is 5.32 Å². The molecule has 2 N–H and O–H groups in total. The number of fused-ring (bicyclic) bond motifs is 1. The monoisotopic (exact) mass is 430 g/mol. The first-order chi connectivity index (χ1) is 13.3. The maximum atomic E-state index is 13.4. The molecule has 0 aliphatic rings. The molecule has 5 nitrogen and oxygen atoms in total. The van der Waals surface area contributed by atoms with E-state index in [1.165, 1.54) is 12.3 Å². The van der Waals surface area contributed by atoms with Crippen molar-refractivity contribution in [3.8, 4) is 0 Å². The topological polar surface area (TPSA) is 70.9 Å². The largest absolute Gasteiger partial charge is 0.416 e. The van der Waals surface area contributed by atoms with Gasteiger partial charge in [-0.1, -0.05) is 23.7 Å². The van der Waals surface area contributed by atoms with Crippen molar-refractivity contribution < 1.29 is 18.3 Å². The highest BCUT2D eigenvalue weighted by Crippen LogP contribution is 2.34. The summed E-state index contributed by atoms with van der Waals surface area (Å²) in [6.45, 7) is -0.121. The van der Waals surface area contributed by atoms with Gasteiger partial charge in [0.2, 0.25) is 5.28 Å². The van der Waals surface area contributed by atoms with Gasteiger partial charge in [-0.05, 0) is 47.7 Å². The summed E-state index contributed by atoms with van der Waals surface area (Å²) in [6.07, 6.45) is -2.72. The fourth-order valence-corrected chi connectivity index (χ4v) is 3.24. The van der Waals surface area contributed by atoms with Gasteiger partial charge in [0.25, 0.3) is 0 Å². The summed E-state index contributed by atoms with van der Waals surface area (Å²) in [5, 5.41) is 12.8. The third-order valence-electron chi connectivity index (χ3n) is 4.13. The molecule has 0 atom stereocenters. The van der Waals surface area contributed by atoms with Crippen molar-refractivity contribution in [3.63, 3.8) is 0 Å². The van der Waals surface area contributed by atoms with Crippen molar-refractivity contribution in [2.24, 2.45) is 0 Å². The van der Waals surface area contributed by atoms with E-state index in [1.54, 1.807) is 12.1 Å². The van der Waals surface area contributed by atoms with Gasteiger partial charge in [-0.15, -0.1) is 0 Å². The summed E-state index contributed by atoms with van der Waals surface area (Å²) in [5.41, 5.74) is 0.335. The zero-order valence-electron chi connectivity index (χ0n) is 14.4. The van der Waals surface area contributed by atoms with Crippen LogP contribution in [0.2, 0.25) is 10.4 Å². The Labute approximate surface area is 168 Å². The van der Waals surface area contributed by atoms with Gasteiger partial charge < -0.3 is 10.4 Å². The average molecular weight is 431 g/mol. The second-order valence-electron chi connectivity index (χ2n) is 5.99. The van der Waals surface area contributed by atoms with Gasteiger partial charge >= 0.3 is 6.18 Å². The fourth-order valence-electron chi connectivity index (χ4n) is 2.91. The van der Waals surface area contributed by atoms with Crippen LogP contribution in [0, 0.1) is 0 Å². The van der Waals surface area contributed by atoms with Gasteiger partial charge in [-0.2, -0.15) is 13.2 Å². The Morgan fingerprint density at radius 1 is 1.14 bits per heavy atom. The van der Waals surface area contributed by atoms with E-state index < -0.39 is 11.7 Å². The minimum atomic E-state index is -4.48. The summed E-state index contributed by atoms with van der Waals surface area (Å²) in [4.78, 5) is 12.1. The lowest BCUT2D eigenvalue weighted by molar-refractivity contribution is -0.138. The van der Waals surface area contributed by atoms with Gasteiger partial charge in [0.15, 0.2) is 0 Å². The lowest BCUT2D eigenvalue weighted by Crippen LogP contribution is -2.14. The number of aromatic nitrogens is 3. The summed E-state index contributed by atoms with van der Waals surface area (Å²) >= 11 is 11.9. The van der Waals surface area contributed by atoms with Gasteiger partial charge in [-0.25, -0.2) is 15.0 Å². The summed E-state index contributed by atoms with van der Waals surface area (Å²) in [7, 11) is 0. The summed E-state index contributed by atoms with van der Waals surface area (Å²) in [6, 6.07) is 5.55. The quantitative estimate of drug-likeness (QED) is 0.430. The summed E-state index contributed by atoms with van der Waals surface area (Å²) < 4.78 is 40.1. The third-order valence-corrected chi connectivity index (χ3v) is 4.51. The zero-order valence-corrected chi connectivity index (χ0v) is 15.9. The molecule has 2 aromatic heterocycles. The number of halogens is 5. The molecule has 0 fully saturated rings. The first-order valence-corrected chi connectivity index (χ1v) is 9.06. The molecule has 0 aliphatic heterocycles. The van der Waals surface area contributed by atoms with Crippen LogP contribution in [0.5, 0.6) is 0 Å². The van der Waals surface area contributed by atoms with E-state index in [2.05, 4.69) is 20.3 Å². The van der Waals surface area contributed by atoms with Crippen LogP contribution in [0.1, 0.15) is 23.1 Å². The molecular formula is C18H15Cl2F3N4O. The zero-order chi connectivity index (χ0) is 20.3. The number of hydrogen-bond acceptors (Lipinski definition) is 5. The number of aliphatic hydroxyl groups is 1. The Balaban J connectivity index is 1.97. The highest BCUT2D eigenvalue weighted by atomic mass is 35.5. The average Bonchev–Trinajstić information content (AvgIpc) is 2.64. The Morgan fingerprint density at radius 2 is 1.93 bits per heavy atom. The van der Waals surface area contributed by atoms with Crippen LogP contribution in [-0.4, -0.2) is 26.7 Å². The van der Waals surface area contributed by atoms with Crippen molar-refractivity contribution in [1.29, 1.82) is 0 Å². The Hall–Kier alpha value is -2.16. The molecular weight excluding hydrogens is 416 g/mol. The van der Waals surface area contributed by atoms with E-state index >= 15 is 0 Å². The first-order valence-electron chi connectivity index (χ1n) is 8.31. The van der Waals surface area contributed by atoms with Crippen molar-refractivity contribution in [2.45, 2.75) is 25.6 Å². The summed E-state index contributed by atoms with van der Waals surface area (Å²) in [5.74, 6) is 0.338. The van der Waals surface area contributed by atoms with Gasteiger partial charge in [0.05, 0.1) is 17.3 Å². The first kappa shape index (κ1) is 20.6. The van der Waals surface area contributed by atoms with E-state index in [9.17, 15) is 13.2 Å². The number of nitrogens with one attached hydrogen (secondary N) is 1. The maximum Gasteiger partial charge on any atom is 0.416 e.